The number of esters is 1. The molecule has 0 unspecified atom stereocenters. The maximum Gasteiger partial charge on any atom is 0.344 e. The van der Waals surface area contributed by atoms with Crippen molar-refractivity contribution in [1.29, 1.82) is 0 Å². The number of rotatable bonds is 7. The Labute approximate surface area is 193 Å². The number of nitrogens with zero attached hydrogens (tertiary/aromatic N) is 2. The fourth-order valence-electron chi connectivity index (χ4n) is 4.37. The minimum absolute atomic E-state index is 0.107. The third kappa shape index (κ3) is 4.77. The van der Waals surface area contributed by atoms with Gasteiger partial charge in [-0.25, -0.2) is 9.48 Å². The minimum Gasteiger partial charge on any atom is -0.462 e. The zero-order valence-corrected chi connectivity index (χ0v) is 19.1. The molecule has 0 aliphatic heterocycles. The normalized spacial score (nSPS) is 13.8. The molecule has 0 spiro atoms. The Morgan fingerprint density at radius 2 is 1.82 bits per heavy atom. The molecule has 1 aromatic heterocycles. The van der Waals surface area contributed by atoms with E-state index in [2.05, 4.69) is 5.32 Å². The highest BCUT2D eigenvalue weighted by Crippen LogP contribution is 2.36. The third-order valence-electron chi connectivity index (χ3n) is 6.17. The number of hydrogen-bond acceptors (Lipinski definition) is 5. The molecule has 0 radical (unpaired) electrons. The van der Waals surface area contributed by atoms with Gasteiger partial charge in [-0.15, -0.1) is 0 Å². The van der Waals surface area contributed by atoms with Crippen LogP contribution in [-0.2, 0) is 11.3 Å². The number of hydrogen-bond donors (Lipinski definition) is 2. The van der Waals surface area contributed by atoms with Gasteiger partial charge in [0, 0.05) is 17.7 Å². The van der Waals surface area contributed by atoms with Crippen LogP contribution < -0.4 is 11.1 Å². The zero-order valence-electron chi connectivity index (χ0n) is 19.1. The van der Waals surface area contributed by atoms with Crippen LogP contribution in [0.4, 0.5) is 5.82 Å². The molecule has 1 aliphatic rings. The van der Waals surface area contributed by atoms with E-state index in [0.29, 0.717) is 29.2 Å². The van der Waals surface area contributed by atoms with Gasteiger partial charge in [0.1, 0.15) is 17.1 Å². The van der Waals surface area contributed by atoms with Crippen molar-refractivity contribution in [2.75, 3.05) is 12.3 Å². The Morgan fingerprint density at radius 1 is 1.12 bits per heavy atom. The van der Waals surface area contributed by atoms with E-state index < -0.39 is 5.97 Å². The standard InChI is InChI=1S/C26H30N4O3/c1-3-33-26(32)22-23(29-30(24(22)27)20-9-5-6-10-20)19-14-12-18(13-15-19)16-28-25(31)21-11-7-4-8-17(21)2/h4,7-8,11-15,20H,3,5-6,9-10,16,27H2,1-2H3,(H,28,31). The summed E-state index contributed by atoms with van der Waals surface area (Å²) in [6.45, 7) is 4.36. The summed E-state index contributed by atoms with van der Waals surface area (Å²) in [6.07, 6.45) is 4.29. The van der Waals surface area contributed by atoms with Crippen LogP contribution in [0.2, 0.25) is 0 Å². The zero-order chi connectivity index (χ0) is 23.4. The summed E-state index contributed by atoms with van der Waals surface area (Å²) < 4.78 is 7.06. The van der Waals surface area contributed by atoms with Gasteiger partial charge < -0.3 is 15.8 Å². The van der Waals surface area contributed by atoms with Gasteiger partial charge in [0.25, 0.3) is 5.91 Å². The molecule has 1 saturated carbocycles. The van der Waals surface area contributed by atoms with Crippen LogP contribution in [0.1, 0.15) is 70.5 Å². The average molecular weight is 447 g/mol. The van der Waals surface area contributed by atoms with Crippen LogP contribution in [0, 0.1) is 6.92 Å². The van der Waals surface area contributed by atoms with Crippen LogP contribution in [0.25, 0.3) is 11.3 Å². The first kappa shape index (κ1) is 22.6. The van der Waals surface area contributed by atoms with E-state index in [9.17, 15) is 9.59 Å². The van der Waals surface area contributed by atoms with Crippen molar-refractivity contribution in [3.8, 4) is 11.3 Å². The van der Waals surface area contributed by atoms with Crippen molar-refractivity contribution in [2.45, 2.75) is 52.1 Å². The molecular weight excluding hydrogens is 416 g/mol. The van der Waals surface area contributed by atoms with E-state index in [0.717, 1.165) is 42.4 Å². The van der Waals surface area contributed by atoms with Crippen molar-refractivity contribution in [2.24, 2.45) is 0 Å². The van der Waals surface area contributed by atoms with Gasteiger partial charge in [-0.2, -0.15) is 5.10 Å². The highest BCUT2D eigenvalue weighted by Gasteiger charge is 2.28. The first-order chi connectivity index (χ1) is 16.0. The number of benzene rings is 2. The number of ether oxygens (including phenoxy) is 1. The molecule has 3 aromatic rings. The van der Waals surface area contributed by atoms with Gasteiger partial charge in [-0.1, -0.05) is 55.3 Å². The quantitative estimate of drug-likeness (QED) is 0.514. The number of amides is 1. The fourth-order valence-corrected chi connectivity index (χ4v) is 4.37. The Kier molecular flexibility index (Phi) is 6.77. The highest BCUT2D eigenvalue weighted by atomic mass is 16.5. The van der Waals surface area contributed by atoms with Gasteiger partial charge in [0.15, 0.2) is 0 Å². The monoisotopic (exact) mass is 446 g/mol. The summed E-state index contributed by atoms with van der Waals surface area (Å²) in [5.74, 6) is -0.196. The molecule has 7 nitrogen and oxygen atoms in total. The number of aromatic nitrogens is 2. The summed E-state index contributed by atoms with van der Waals surface area (Å²) in [4.78, 5) is 25.2. The van der Waals surface area contributed by atoms with Gasteiger partial charge in [0.2, 0.25) is 0 Å². The van der Waals surface area contributed by atoms with E-state index in [-0.39, 0.29) is 18.6 Å². The molecule has 1 fully saturated rings. The van der Waals surface area contributed by atoms with Crippen LogP contribution in [0.15, 0.2) is 48.5 Å². The molecular formula is C26H30N4O3. The van der Waals surface area contributed by atoms with E-state index in [1.54, 1.807) is 11.6 Å². The fraction of sp³-hybridized carbons (Fsp3) is 0.346. The number of nitrogens with one attached hydrogen (secondary N) is 1. The predicted molar refractivity (Wildman–Crippen MR) is 128 cm³/mol. The number of anilines is 1. The predicted octanol–water partition coefficient (Wildman–Crippen LogP) is 4.66. The molecule has 0 saturated heterocycles. The first-order valence-electron chi connectivity index (χ1n) is 11.5. The van der Waals surface area contributed by atoms with Gasteiger partial charge in [0.05, 0.1) is 12.6 Å². The van der Waals surface area contributed by atoms with Crippen molar-refractivity contribution < 1.29 is 14.3 Å². The maximum atomic E-state index is 12.7. The first-order valence-corrected chi connectivity index (χ1v) is 11.5. The number of nitrogens with two attached hydrogens (primary N) is 1. The van der Waals surface area contributed by atoms with Gasteiger partial charge in [-0.05, 0) is 43.9 Å². The summed E-state index contributed by atoms with van der Waals surface area (Å²) in [6, 6.07) is 15.4. The molecule has 0 bridgehead atoms. The Morgan fingerprint density at radius 3 is 2.48 bits per heavy atom. The second-order valence-corrected chi connectivity index (χ2v) is 8.41. The van der Waals surface area contributed by atoms with E-state index >= 15 is 0 Å². The summed E-state index contributed by atoms with van der Waals surface area (Å²) in [7, 11) is 0. The van der Waals surface area contributed by atoms with Gasteiger partial charge >= 0.3 is 5.97 Å². The number of nitrogen functional groups attached to an aromatic ring is 1. The van der Waals surface area contributed by atoms with Crippen LogP contribution in [-0.4, -0.2) is 28.3 Å². The molecule has 0 atom stereocenters. The number of carbonyl (C=O) groups excluding carboxylic acids is 2. The lowest BCUT2D eigenvalue weighted by atomic mass is 10.0. The van der Waals surface area contributed by atoms with Crippen LogP contribution >= 0.6 is 0 Å². The summed E-state index contributed by atoms with van der Waals surface area (Å²) >= 11 is 0. The smallest absolute Gasteiger partial charge is 0.344 e. The lowest BCUT2D eigenvalue weighted by Gasteiger charge is -2.11. The van der Waals surface area contributed by atoms with Crippen LogP contribution in [0.5, 0.6) is 0 Å². The molecule has 1 aliphatic carbocycles. The number of aryl methyl sites for hydroxylation is 1. The van der Waals surface area contributed by atoms with Crippen molar-refractivity contribution in [1.82, 2.24) is 15.1 Å². The highest BCUT2D eigenvalue weighted by molar-refractivity contribution is 6.01. The van der Waals surface area contributed by atoms with E-state index in [1.165, 1.54) is 0 Å². The molecule has 7 heteroatoms. The second kappa shape index (κ2) is 9.90. The van der Waals surface area contributed by atoms with Crippen molar-refractivity contribution in [3.05, 3.63) is 70.8 Å². The minimum atomic E-state index is -0.455. The molecule has 172 valence electrons. The number of carbonyl (C=O) groups is 2. The topological polar surface area (TPSA) is 99.2 Å². The second-order valence-electron chi connectivity index (χ2n) is 8.41. The summed E-state index contributed by atoms with van der Waals surface area (Å²) in [5.41, 5.74) is 10.6. The maximum absolute atomic E-state index is 12.7. The largest absolute Gasteiger partial charge is 0.462 e. The Hall–Kier alpha value is -3.61. The molecule has 2 aromatic carbocycles. The molecule has 1 heterocycles. The Balaban J connectivity index is 1.55. The lowest BCUT2D eigenvalue weighted by molar-refractivity contribution is 0.0528. The average Bonchev–Trinajstić information content (AvgIpc) is 3.46. The Bertz CT molecular complexity index is 1140. The van der Waals surface area contributed by atoms with Crippen molar-refractivity contribution >= 4 is 17.7 Å². The molecule has 4 rings (SSSR count). The van der Waals surface area contributed by atoms with E-state index in [1.807, 2.05) is 55.5 Å². The van der Waals surface area contributed by atoms with E-state index in [4.69, 9.17) is 15.6 Å². The lowest BCUT2D eigenvalue weighted by Crippen LogP contribution is -2.23. The molecule has 1 amide bonds. The van der Waals surface area contributed by atoms with Gasteiger partial charge in [-0.3, -0.25) is 4.79 Å². The molecule has 33 heavy (non-hydrogen) atoms. The third-order valence-corrected chi connectivity index (χ3v) is 6.17. The summed E-state index contributed by atoms with van der Waals surface area (Å²) in [5, 5.41) is 7.70. The van der Waals surface area contributed by atoms with Crippen molar-refractivity contribution in [3.63, 3.8) is 0 Å². The van der Waals surface area contributed by atoms with Crippen LogP contribution in [0.3, 0.4) is 0 Å². The SMILES string of the molecule is CCOC(=O)c1c(-c2ccc(CNC(=O)c3ccccc3C)cc2)nn(C2CCCC2)c1N. The molecule has 3 N–H and O–H groups in total.